The molecule has 0 atom stereocenters. The number of carbonyl (C=O) groups excluding carboxylic acids is 1. The highest BCUT2D eigenvalue weighted by Crippen LogP contribution is 2.31. The number of anilines is 2. The van der Waals surface area contributed by atoms with Crippen molar-refractivity contribution in [2.24, 2.45) is 5.92 Å². The Hall–Kier alpha value is -2.63. The number of rotatable bonds is 10. The molecule has 0 aliphatic carbocycles. The maximum atomic E-state index is 12.8. The van der Waals surface area contributed by atoms with Crippen LogP contribution in [0.25, 0.3) is 0 Å². The van der Waals surface area contributed by atoms with Gasteiger partial charge in [-0.25, -0.2) is 21.1 Å². The minimum Gasteiger partial charge on any atom is -0.326 e. The van der Waals surface area contributed by atoms with Gasteiger partial charge in [0.15, 0.2) is 0 Å². The lowest BCUT2D eigenvalue weighted by Gasteiger charge is -2.30. The van der Waals surface area contributed by atoms with Crippen molar-refractivity contribution < 1.29 is 21.6 Å². The molecule has 1 aliphatic rings. The van der Waals surface area contributed by atoms with Crippen LogP contribution in [0, 0.1) is 5.92 Å². The molecule has 208 valence electrons. The quantitative estimate of drug-likeness (QED) is 0.319. The zero-order valence-electron chi connectivity index (χ0n) is 21.0. The summed E-state index contributed by atoms with van der Waals surface area (Å²) < 4.78 is 54.9. The van der Waals surface area contributed by atoms with E-state index in [1.165, 1.54) is 34.6 Å². The lowest BCUT2D eigenvalue weighted by atomic mass is 9.97. The molecule has 8 nitrogen and oxygen atoms in total. The van der Waals surface area contributed by atoms with Crippen LogP contribution in [0.15, 0.2) is 77.7 Å². The van der Waals surface area contributed by atoms with Crippen molar-refractivity contribution >= 4 is 60.5 Å². The zero-order valence-corrected chi connectivity index (χ0v) is 24.2. The van der Waals surface area contributed by atoms with Crippen LogP contribution in [-0.4, -0.2) is 45.9 Å². The smallest absolute Gasteiger partial charge is 0.261 e. The minimum absolute atomic E-state index is 0.0117. The molecule has 0 aromatic heterocycles. The molecular formula is C27H29Cl2N3O5S2. The molecule has 39 heavy (non-hydrogen) atoms. The second kappa shape index (κ2) is 12.7. The maximum absolute atomic E-state index is 12.8. The number of amides is 1. The van der Waals surface area contributed by atoms with Gasteiger partial charge >= 0.3 is 0 Å². The third-order valence-electron chi connectivity index (χ3n) is 6.56. The van der Waals surface area contributed by atoms with Gasteiger partial charge in [-0.15, -0.1) is 0 Å². The number of nitrogens with one attached hydrogen (secondary N) is 2. The van der Waals surface area contributed by atoms with Crippen molar-refractivity contribution in [2.75, 3.05) is 28.9 Å². The monoisotopic (exact) mass is 609 g/mol. The van der Waals surface area contributed by atoms with Crippen molar-refractivity contribution in [3.63, 3.8) is 0 Å². The van der Waals surface area contributed by atoms with Crippen LogP contribution in [0.5, 0.6) is 0 Å². The first-order valence-electron chi connectivity index (χ1n) is 12.4. The largest absolute Gasteiger partial charge is 0.326 e. The number of sulfonamides is 2. The third kappa shape index (κ3) is 7.73. The van der Waals surface area contributed by atoms with Crippen LogP contribution in [0.4, 0.5) is 11.4 Å². The Bertz CT molecular complexity index is 1510. The molecule has 0 radical (unpaired) electrons. The molecule has 12 heteroatoms. The van der Waals surface area contributed by atoms with E-state index in [2.05, 4.69) is 10.0 Å². The topological polar surface area (TPSA) is 113 Å². The van der Waals surface area contributed by atoms with Gasteiger partial charge < -0.3 is 5.32 Å². The summed E-state index contributed by atoms with van der Waals surface area (Å²) in [5.41, 5.74) is 1.71. The molecule has 0 spiro atoms. The van der Waals surface area contributed by atoms with E-state index >= 15 is 0 Å². The van der Waals surface area contributed by atoms with Gasteiger partial charge in [-0.2, -0.15) is 0 Å². The summed E-state index contributed by atoms with van der Waals surface area (Å²) in [5, 5.41) is 3.12. The molecule has 0 saturated carbocycles. The van der Waals surface area contributed by atoms with E-state index in [0.717, 1.165) is 5.56 Å². The van der Waals surface area contributed by atoms with Crippen LogP contribution in [0.1, 0.15) is 24.8 Å². The summed E-state index contributed by atoms with van der Waals surface area (Å²) in [6.45, 7) is 0.585. The first kappa shape index (κ1) is 29.4. The van der Waals surface area contributed by atoms with Gasteiger partial charge in [-0.3, -0.25) is 9.52 Å². The van der Waals surface area contributed by atoms with Crippen molar-refractivity contribution in [1.82, 2.24) is 4.31 Å². The lowest BCUT2D eigenvalue weighted by molar-refractivity contribution is -0.120. The molecule has 1 aliphatic heterocycles. The molecule has 3 aromatic carbocycles. The highest BCUT2D eigenvalue weighted by atomic mass is 35.5. The van der Waals surface area contributed by atoms with Crippen LogP contribution in [0.2, 0.25) is 10.0 Å². The number of hydrogen-bond acceptors (Lipinski definition) is 5. The van der Waals surface area contributed by atoms with Gasteiger partial charge in [0.05, 0.1) is 26.4 Å². The highest BCUT2D eigenvalue weighted by Gasteiger charge is 2.31. The number of piperidine rings is 1. The molecule has 3 aromatic rings. The number of aryl methyl sites for hydroxylation is 1. The Morgan fingerprint density at radius 3 is 2.21 bits per heavy atom. The Morgan fingerprint density at radius 2 is 1.54 bits per heavy atom. The standard InChI is InChI=1S/C27H29Cl2N3O5S2/c28-24-9-4-10-25(26(24)29)31-39(36,37)23-13-11-22(12-14-23)30-27(33)21-15-17-32(18-16-21)38(34,35)19-5-8-20-6-2-1-3-7-20/h1-4,6-7,9-14,21,31H,5,8,15-19H2,(H,30,33). The normalized spacial score (nSPS) is 15.1. The minimum atomic E-state index is -3.93. The summed E-state index contributed by atoms with van der Waals surface area (Å²) in [6.07, 6.45) is 2.07. The molecule has 0 bridgehead atoms. The van der Waals surface area contributed by atoms with E-state index in [4.69, 9.17) is 23.2 Å². The van der Waals surface area contributed by atoms with Crippen LogP contribution in [-0.2, 0) is 31.3 Å². The Balaban J connectivity index is 1.27. The second-order valence-electron chi connectivity index (χ2n) is 9.30. The van der Waals surface area contributed by atoms with Gasteiger partial charge in [0.2, 0.25) is 15.9 Å². The van der Waals surface area contributed by atoms with Crippen LogP contribution < -0.4 is 10.0 Å². The molecule has 1 amide bonds. The van der Waals surface area contributed by atoms with E-state index in [9.17, 15) is 21.6 Å². The third-order valence-corrected chi connectivity index (χ3v) is 10.7. The fourth-order valence-electron chi connectivity index (χ4n) is 4.38. The van der Waals surface area contributed by atoms with Gasteiger partial charge in [0.1, 0.15) is 0 Å². The average Bonchev–Trinajstić information content (AvgIpc) is 2.92. The molecule has 0 unspecified atom stereocenters. The number of nitrogens with zero attached hydrogens (tertiary/aromatic N) is 1. The van der Waals surface area contributed by atoms with Gasteiger partial charge in [0.25, 0.3) is 10.0 Å². The van der Waals surface area contributed by atoms with Crippen molar-refractivity contribution in [3.8, 4) is 0 Å². The molecule has 1 fully saturated rings. The van der Waals surface area contributed by atoms with Crippen LogP contribution >= 0.6 is 23.2 Å². The second-order valence-corrected chi connectivity index (χ2v) is 13.9. The highest BCUT2D eigenvalue weighted by molar-refractivity contribution is 7.92. The van der Waals surface area contributed by atoms with E-state index in [1.807, 2.05) is 30.3 Å². The van der Waals surface area contributed by atoms with Crippen molar-refractivity contribution in [3.05, 3.63) is 88.4 Å². The summed E-state index contributed by atoms with van der Waals surface area (Å²) in [6, 6.07) is 20.2. The first-order chi connectivity index (χ1) is 18.5. The Kier molecular flexibility index (Phi) is 9.56. The Morgan fingerprint density at radius 1 is 0.872 bits per heavy atom. The molecule has 4 rings (SSSR count). The molecule has 1 saturated heterocycles. The van der Waals surface area contributed by atoms with E-state index in [0.29, 0.717) is 44.5 Å². The van der Waals surface area contributed by atoms with Crippen molar-refractivity contribution in [1.29, 1.82) is 0 Å². The van der Waals surface area contributed by atoms with E-state index in [1.54, 1.807) is 12.1 Å². The average molecular weight is 611 g/mol. The summed E-state index contributed by atoms with van der Waals surface area (Å²) in [4.78, 5) is 12.8. The number of halogens is 2. The van der Waals surface area contributed by atoms with Gasteiger partial charge in [0, 0.05) is 24.7 Å². The number of hydrogen-bond donors (Lipinski definition) is 2. The molecule has 1 heterocycles. The summed E-state index contributed by atoms with van der Waals surface area (Å²) in [7, 11) is -7.31. The number of carbonyl (C=O) groups is 1. The Labute approximate surface area is 239 Å². The summed E-state index contributed by atoms with van der Waals surface area (Å²) in [5.74, 6) is -0.488. The number of benzene rings is 3. The SMILES string of the molecule is O=C(Nc1ccc(S(=O)(=O)Nc2cccc(Cl)c2Cl)cc1)C1CCN(S(=O)(=O)CCCc2ccccc2)CC1. The zero-order chi connectivity index (χ0) is 28.0. The maximum Gasteiger partial charge on any atom is 0.261 e. The molecule has 2 N–H and O–H groups in total. The first-order valence-corrected chi connectivity index (χ1v) is 16.3. The lowest BCUT2D eigenvalue weighted by Crippen LogP contribution is -2.42. The predicted molar refractivity (Wildman–Crippen MR) is 155 cm³/mol. The summed E-state index contributed by atoms with van der Waals surface area (Å²) >= 11 is 12.0. The van der Waals surface area contributed by atoms with E-state index < -0.39 is 20.0 Å². The molecular weight excluding hydrogens is 581 g/mol. The van der Waals surface area contributed by atoms with Gasteiger partial charge in [-0.1, -0.05) is 59.6 Å². The van der Waals surface area contributed by atoms with Crippen molar-refractivity contribution in [2.45, 2.75) is 30.6 Å². The predicted octanol–water partition coefficient (Wildman–Crippen LogP) is 5.41. The van der Waals surface area contributed by atoms with Gasteiger partial charge in [-0.05, 0) is 67.6 Å². The fraction of sp³-hybridized carbons (Fsp3) is 0.296. The fourth-order valence-corrected chi connectivity index (χ4v) is 7.39. The van der Waals surface area contributed by atoms with Crippen LogP contribution in [0.3, 0.4) is 0 Å². The van der Waals surface area contributed by atoms with E-state index in [-0.39, 0.29) is 38.2 Å².